The van der Waals surface area contributed by atoms with Crippen LogP contribution in [-0.2, 0) is 0 Å². The lowest BCUT2D eigenvalue weighted by atomic mass is 10.2. The molecule has 0 aliphatic rings. The standard InChI is InChI=1S/C13H12ClN3O2/c1-7-4-5-16-12(11(7)15)17-8-2-3-10(14)9(6-8)13(18)19/h2-6H,15H2,1H3,(H,16,17)(H,18,19). The van der Waals surface area contributed by atoms with Gasteiger partial charge in [0.1, 0.15) is 0 Å². The summed E-state index contributed by atoms with van der Waals surface area (Å²) in [6.45, 7) is 1.87. The second-order valence-electron chi connectivity index (χ2n) is 4.01. The Balaban J connectivity index is 2.36. The maximum atomic E-state index is 11.0. The van der Waals surface area contributed by atoms with Crippen LogP contribution < -0.4 is 11.1 Å². The van der Waals surface area contributed by atoms with E-state index >= 15 is 0 Å². The van der Waals surface area contributed by atoms with Gasteiger partial charge in [-0.25, -0.2) is 9.78 Å². The van der Waals surface area contributed by atoms with Crippen molar-refractivity contribution in [1.82, 2.24) is 4.98 Å². The summed E-state index contributed by atoms with van der Waals surface area (Å²) >= 11 is 5.80. The number of hydrogen-bond donors (Lipinski definition) is 3. The molecule has 0 bridgehead atoms. The first kappa shape index (κ1) is 13.2. The van der Waals surface area contributed by atoms with Crippen LogP contribution in [-0.4, -0.2) is 16.1 Å². The third-order valence-electron chi connectivity index (χ3n) is 2.67. The number of aromatic nitrogens is 1. The molecule has 0 unspecified atom stereocenters. The molecule has 1 aromatic carbocycles. The summed E-state index contributed by atoms with van der Waals surface area (Å²) in [5.74, 6) is -0.600. The first-order valence-electron chi connectivity index (χ1n) is 5.50. The number of carboxylic acids is 1. The van der Waals surface area contributed by atoms with Crippen molar-refractivity contribution in [2.75, 3.05) is 11.1 Å². The van der Waals surface area contributed by atoms with Gasteiger partial charge in [0.25, 0.3) is 0 Å². The second-order valence-corrected chi connectivity index (χ2v) is 4.42. The Morgan fingerprint density at radius 3 is 2.84 bits per heavy atom. The molecule has 0 aliphatic carbocycles. The van der Waals surface area contributed by atoms with Gasteiger partial charge in [-0.15, -0.1) is 0 Å². The predicted octanol–water partition coefficient (Wildman–Crippen LogP) is 3.07. The molecule has 0 spiro atoms. The number of aryl methyl sites for hydroxylation is 1. The highest BCUT2D eigenvalue weighted by molar-refractivity contribution is 6.33. The summed E-state index contributed by atoms with van der Waals surface area (Å²) in [4.78, 5) is 15.1. The van der Waals surface area contributed by atoms with Crippen molar-refractivity contribution in [3.8, 4) is 0 Å². The average Bonchev–Trinajstić information content (AvgIpc) is 2.37. The van der Waals surface area contributed by atoms with Gasteiger partial charge < -0.3 is 16.2 Å². The Bertz CT molecular complexity index is 644. The van der Waals surface area contributed by atoms with Gasteiger partial charge in [0.05, 0.1) is 16.3 Å². The molecule has 0 saturated carbocycles. The molecule has 19 heavy (non-hydrogen) atoms. The van der Waals surface area contributed by atoms with Gasteiger partial charge in [0, 0.05) is 11.9 Å². The molecule has 2 aromatic rings. The minimum Gasteiger partial charge on any atom is -0.478 e. The zero-order valence-electron chi connectivity index (χ0n) is 10.1. The van der Waals surface area contributed by atoms with E-state index in [1.54, 1.807) is 18.3 Å². The number of hydrogen-bond acceptors (Lipinski definition) is 4. The summed E-state index contributed by atoms with van der Waals surface area (Å²) < 4.78 is 0. The summed E-state index contributed by atoms with van der Waals surface area (Å²) in [7, 11) is 0. The Hall–Kier alpha value is -2.27. The van der Waals surface area contributed by atoms with E-state index in [-0.39, 0.29) is 10.6 Å². The van der Waals surface area contributed by atoms with Crippen molar-refractivity contribution in [1.29, 1.82) is 0 Å². The van der Waals surface area contributed by atoms with E-state index < -0.39 is 5.97 Å². The molecule has 5 nitrogen and oxygen atoms in total. The van der Waals surface area contributed by atoms with Gasteiger partial charge in [-0.2, -0.15) is 0 Å². The smallest absolute Gasteiger partial charge is 0.337 e. The van der Waals surface area contributed by atoms with Gasteiger partial charge in [-0.3, -0.25) is 0 Å². The minimum atomic E-state index is -1.08. The fourth-order valence-corrected chi connectivity index (χ4v) is 1.77. The fraction of sp³-hybridized carbons (Fsp3) is 0.0769. The van der Waals surface area contributed by atoms with Crippen LogP contribution in [0.2, 0.25) is 5.02 Å². The number of nitrogen functional groups attached to an aromatic ring is 1. The molecule has 0 atom stereocenters. The predicted molar refractivity (Wildman–Crippen MR) is 75.1 cm³/mol. The fourth-order valence-electron chi connectivity index (χ4n) is 1.57. The largest absolute Gasteiger partial charge is 0.478 e. The van der Waals surface area contributed by atoms with Crippen LogP contribution in [0.25, 0.3) is 0 Å². The van der Waals surface area contributed by atoms with Crippen LogP contribution in [0.3, 0.4) is 0 Å². The molecule has 98 valence electrons. The highest BCUT2D eigenvalue weighted by Gasteiger charge is 2.10. The number of anilines is 3. The first-order chi connectivity index (χ1) is 8.99. The van der Waals surface area contributed by atoms with Gasteiger partial charge in [-0.05, 0) is 36.8 Å². The maximum Gasteiger partial charge on any atom is 0.337 e. The second kappa shape index (κ2) is 5.16. The number of pyridine rings is 1. The topological polar surface area (TPSA) is 88.2 Å². The Kier molecular flexibility index (Phi) is 3.57. The van der Waals surface area contributed by atoms with Crippen LogP contribution >= 0.6 is 11.6 Å². The van der Waals surface area contributed by atoms with E-state index in [1.165, 1.54) is 12.1 Å². The number of rotatable bonds is 3. The molecule has 6 heteroatoms. The molecule has 1 aromatic heterocycles. The highest BCUT2D eigenvalue weighted by Crippen LogP contribution is 2.26. The van der Waals surface area contributed by atoms with E-state index in [4.69, 9.17) is 22.4 Å². The van der Waals surface area contributed by atoms with Crippen LogP contribution in [0.5, 0.6) is 0 Å². The molecular formula is C13H12ClN3O2. The number of nitrogens with one attached hydrogen (secondary N) is 1. The monoisotopic (exact) mass is 277 g/mol. The van der Waals surface area contributed by atoms with Crippen LogP contribution in [0.1, 0.15) is 15.9 Å². The third-order valence-corrected chi connectivity index (χ3v) is 3.00. The lowest BCUT2D eigenvalue weighted by Gasteiger charge is -2.10. The quantitative estimate of drug-likeness (QED) is 0.802. The average molecular weight is 278 g/mol. The SMILES string of the molecule is Cc1ccnc(Nc2ccc(Cl)c(C(=O)O)c2)c1N. The number of aromatic carboxylic acids is 1. The summed E-state index contributed by atoms with van der Waals surface area (Å²) in [6.07, 6.45) is 1.63. The minimum absolute atomic E-state index is 0.0258. The molecule has 0 fully saturated rings. The van der Waals surface area contributed by atoms with Gasteiger partial charge in [0.15, 0.2) is 5.82 Å². The summed E-state index contributed by atoms with van der Waals surface area (Å²) in [5.41, 5.74) is 7.89. The highest BCUT2D eigenvalue weighted by atomic mass is 35.5. The summed E-state index contributed by atoms with van der Waals surface area (Å²) in [6, 6.07) is 6.41. The van der Waals surface area contributed by atoms with Gasteiger partial charge in [-0.1, -0.05) is 11.6 Å². The Morgan fingerprint density at radius 2 is 2.16 bits per heavy atom. The van der Waals surface area contributed by atoms with Crippen molar-refractivity contribution in [2.24, 2.45) is 0 Å². The molecule has 0 aliphatic heterocycles. The number of nitrogens with zero attached hydrogens (tertiary/aromatic N) is 1. The van der Waals surface area contributed by atoms with Crippen molar-refractivity contribution < 1.29 is 9.90 Å². The van der Waals surface area contributed by atoms with Gasteiger partial charge in [0.2, 0.25) is 0 Å². The molecule has 0 saturated heterocycles. The van der Waals surface area contributed by atoms with Crippen molar-refractivity contribution >= 4 is 34.8 Å². The zero-order valence-corrected chi connectivity index (χ0v) is 10.9. The van der Waals surface area contributed by atoms with E-state index in [0.717, 1.165) is 5.56 Å². The number of nitrogens with two attached hydrogens (primary N) is 1. The lowest BCUT2D eigenvalue weighted by Crippen LogP contribution is -2.03. The number of carbonyl (C=O) groups is 1. The molecule has 0 radical (unpaired) electrons. The normalized spacial score (nSPS) is 10.2. The Labute approximate surface area is 115 Å². The number of benzene rings is 1. The first-order valence-corrected chi connectivity index (χ1v) is 5.88. The van der Waals surface area contributed by atoms with E-state index in [2.05, 4.69) is 10.3 Å². The van der Waals surface area contributed by atoms with Crippen LogP contribution in [0.4, 0.5) is 17.2 Å². The van der Waals surface area contributed by atoms with Gasteiger partial charge >= 0.3 is 5.97 Å². The van der Waals surface area contributed by atoms with Crippen molar-refractivity contribution in [3.63, 3.8) is 0 Å². The molecule has 4 N–H and O–H groups in total. The maximum absolute atomic E-state index is 11.0. The van der Waals surface area contributed by atoms with E-state index in [9.17, 15) is 4.79 Å². The number of carboxylic acid groups (broad SMARTS) is 1. The molecular weight excluding hydrogens is 266 g/mol. The van der Waals surface area contributed by atoms with Crippen LogP contribution in [0.15, 0.2) is 30.5 Å². The third kappa shape index (κ3) is 2.77. The molecule has 2 rings (SSSR count). The lowest BCUT2D eigenvalue weighted by molar-refractivity contribution is 0.0697. The Morgan fingerprint density at radius 1 is 1.42 bits per heavy atom. The zero-order chi connectivity index (χ0) is 14.0. The van der Waals surface area contributed by atoms with Crippen molar-refractivity contribution in [2.45, 2.75) is 6.92 Å². The van der Waals surface area contributed by atoms with E-state index in [1.807, 2.05) is 6.92 Å². The molecule has 0 amide bonds. The molecule has 1 heterocycles. The summed E-state index contributed by atoms with van der Waals surface area (Å²) in [5, 5.41) is 12.2. The van der Waals surface area contributed by atoms with Crippen molar-refractivity contribution in [3.05, 3.63) is 46.6 Å². The van der Waals surface area contributed by atoms with Crippen LogP contribution in [0, 0.1) is 6.92 Å². The van der Waals surface area contributed by atoms with E-state index in [0.29, 0.717) is 17.2 Å². The number of halogens is 1.